The van der Waals surface area contributed by atoms with Crippen LogP contribution in [0.1, 0.15) is 36.8 Å². The highest BCUT2D eigenvalue weighted by Crippen LogP contribution is 2.27. The second-order valence-corrected chi connectivity index (χ2v) is 7.45. The van der Waals surface area contributed by atoms with E-state index in [0.717, 1.165) is 6.42 Å². The fourth-order valence-corrected chi connectivity index (χ4v) is 3.34. The van der Waals surface area contributed by atoms with Crippen LogP contribution in [0, 0.1) is 0 Å². The molecule has 168 valence electrons. The van der Waals surface area contributed by atoms with Gasteiger partial charge >= 0.3 is 11.9 Å². The molecule has 0 aliphatic heterocycles. The van der Waals surface area contributed by atoms with Gasteiger partial charge in [0.25, 0.3) is 0 Å². The van der Waals surface area contributed by atoms with Gasteiger partial charge < -0.3 is 29.9 Å². The molecule has 1 saturated carbocycles. The summed E-state index contributed by atoms with van der Waals surface area (Å²) in [6, 6.07) is 8.37. The van der Waals surface area contributed by atoms with Gasteiger partial charge in [-0.25, -0.2) is 9.59 Å². The molecule has 2 atom stereocenters. The van der Waals surface area contributed by atoms with Crippen molar-refractivity contribution in [2.75, 3.05) is 0 Å². The van der Waals surface area contributed by atoms with E-state index in [0.29, 0.717) is 30.4 Å². The minimum atomic E-state index is -0.554. The van der Waals surface area contributed by atoms with Crippen LogP contribution in [0.25, 0.3) is 12.2 Å². The Morgan fingerprint density at radius 1 is 0.719 bits per heavy atom. The number of phenols is 4. The molecule has 0 radical (unpaired) electrons. The van der Waals surface area contributed by atoms with Gasteiger partial charge in [0.15, 0.2) is 23.0 Å². The minimum absolute atomic E-state index is 0.247. The van der Waals surface area contributed by atoms with Crippen molar-refractivity contribution in [2.45, 2.75) is 37.9 Å². The summed E-state index contributed by atoms with van der Waals surface area (Å²) in [6.45, 7) is 0. The number of esters is 2. The van der Waals surface area contributed by atoms with Crippen LogP contribution in [-0.2, 0) is 19.1 Å². The highest BCUT2D eigenvalue weighted by Gasteiger charge is 2.26. The lowest BCUT2D eigenvalue weighted by atomic mass is 9.95. The largest absolute Gasteiger partial charge is 0.504 e. The molecule has 0 bridgehead atoms. The molecule has 32 heavy (non-hydrogen) atoms. The third kappa shape index (κ3) is 6.53. The molecule has 0 heterocycles. The van der Waals surface area contributed by atoms with E-state index in [2.05, 4.69) is 0 Å². The molecule has 1 fully saturated rings. The standard InChI is InChI=1S/C24H24O8/c25-19-8-4-15(12-21(19)27)6-10-23(29)31-17-2-1-3-18(14-17)32-24(30)11-7-16-5-9-20(26)22(28)13-16/h4-13,17-18,25-28H,1-3,14H2/b10-6-,11-7-. The number of ether oxygens (including phenoxy) is 2. The van der Waals surface area contributed by atoms with Gasteiger partial charge in [-0.2, -0.15) is 0 Å². The molecule has 8 heteroatoms. The molecule has 0 aromatic heterocycles. The average Bonchev–Trinajstić information content (AvgIpc) is 2.75. The summed E-state index contributed by atoms with van der Waals surface area (Å²) in [6.07, 6.45) is 7.08. The number of hydrogen-bond donors (Lipinski definition) is 4. The van der Waals surface area contributed by atoms with E-state index in [1.165, 1.54) is 48.6 Å². The maximum absolute atomic E-state index is 12.1. The zero-order valence-corrected chi connectivity index (χ0v) is 17.2. The van der Waals surface area contributed by atoms with Crippen LogP contribution < -0.4 is 0 Å². The third-order valence-corrected chi connectivity index (χ3v) is 4.97. The topological polar surface area (TPSA) is 134 Å². The SMILES string of the molecule is O=C(/C=C\c1ccc(O)c(O)c1)OC1CCCC(OC(=O)/C=C\c2ccc(O)c(O)c2)C1. The van der Waals surface area contributed by atoms with Gasteiger partial charge in [-0.15, -0.1) is 0 Å². The number of carbonyl (C=O) groups excluding carboxylic acids is 2. The van der Waals surface area contributed by atoms with Crippen molar-refractivity contribution in [3.63, 3.8) is 0 Å². The van der Waals surface area contributed by atoms with Crippen molar-refractivity contribution < 1.29 is 39.5 Å². The van der Waals surface area contributed by atoms with Gasteiger partial charge in [-0.3, -0.25) is 0 Å². The molecule has 4 N–H and O–H groups in total. The predicted molar refractivity (Wildman–Crippen MR) is 116 cm³/mol. The van der Waals surface area contributed by atoms with Gasteiger partial charge in [0.2, 0.25) is 0 Å². The fraction of sp³-hybridized carbons (Fsp3) is 0.250. The fourth-order valence-electron chi connectivity index (χ4n) is 3.34. The van der Waals surface area contributed by atoms with Crippen LogP contribution in [0.5, 0.6) is 23.0 Å². The molecular weight excluding hydrogens is 416 g/mol. The quantitative estimate of drug-likeness (QED) is 0.304. The first-order valence-corrected chi connectivity index (χ1v) is 10.1. The van der Waals surface area contributed by atoms with E-state index in [9.17, 15) is 30.0 Å². The molecule has 0 saturated heterocycles. The number of benzene rings is 2. The van der Waals surface area contributed by atoms with Gasteiger partial charge in [-0.1, -0.05) is 12.1 Å². The number of phenolic OH excluding ortho intramolecular Hbond substituents is 4. The summed E-state index contributed by atoms with van der Waals surface area (Å²) in [5.74, 6) is -2.17. The predicted octanol–water partition coefficient (Wildman–Crippen LogP) is 3.63. The Morgan fingerprint density at radius 2 is 1.16 bits per heavy atom. The second kappa shape index (κ2) is 10.4. The Kier molecular flexibility index (Phi) is 7.38. The molecule has 3 rings (SSSR count). The highest BCUT2D eigenvalue weighted by molar-refractivity contribution is 5.88. The van der Waals surface area contributed by atoms with E-state index >= 15 is 0 Å². The summed E-state index contributed by atoms with van der Waals surface area (Å²) < 4.78 is 10.9. The lowest BCUT2D eigenvalue weighted by Crippen LogP contribution is -2.30. The lowest BCUT2D eigenvalue weighted by Gasteiger charge is -2.28. The Hall–Kier alpha value is -3.94. The van der Waals surface area contributed by atoms with E-state index in [-0.39, 0.29) is 35.2 Å². The van der Waals surface area contributed by atoms with E-state index < -0.39 is 11.9 Å². The number of aromatic hydroxyl groups is 4. The monoisotopic (exact) mass is 440 g/mol. The smallest absolute Gasteiger partial charge is 0.331 e. The lowest BCUT2D eigenvalue weighted by molar-refractivity contribution is -0.152. The van der Waals surface area contributed by atoms with Crippen molar-refractivity contribution in [1.82, 2.24) is 0 Å². The summed E-state index contributed by atoms with van der Waals surface area (Å²) in [5.41, 5.74) is 1.06. The zero-order chi connectivity index (χ0) is 23.1. The van der Waals surface area contributed by atoms with Crippen LogP contribution >= 0.6 is 0 Å². The normalized spacial score (nSPS) is 18.6. The number of hydrogen-bond acceptors (Lipinski definition) is 8. The van der Waals surface area contributed by atoms with Gasteiger partial charge in [0, 0.05) is 18.6 Å². The average molecular weight is 440 g/mol. The Labute approximate surface area is 184 Å². The maximum atomic E-state index is 12.1. The summed E-state index contributed by atoms with van der Waals surface area (Å²) in [5, 5.41) is 37.6. The summed E-state index contributed by atoms with van der Waals surface area (Å²) >= 11 is 0. The van der Waals surface area contributed by atoms with E-state index in [1.807, 2.05) is 0 Å². The van der Waals surface area contributed by atoms with E-state index in [1.54, 1.807) is 12.1 Å². The Bertz CT molecular complexity index is 959. The van der Waals surface area contributed by atoms with Gasteiger partial charge in [-0.05, 0) is 66.8 Å². The second-order valence-electron chi connectivity index (χ2n) is 7.45. The molecule has 2 unspecified atom stereocenters. The molecule has 1 aliphatic rings. The molecule has 2 aromatic rings. The van der Waals surface area contributed by atoms with Gasteiger partial charge in [0.1, 0.15) is 12.2 Å². The van der Waals surface area contributed by atoms with Crippen LogP contribution in [0.3, 0.4) is 0 Å². The highest BCUT2D eigenvalue weighted by atomic mass is 16.6. The first-order chi connectivity index (χ1) is 15.3. The van der Waals surface area contributed by atoms with Crippen molar-refractivity contribution in [1.29, 1.82) is 0 Å². The van der Waals surface area contributed by atoms with Crippen LogP contribution in [-0.4, -0.2) is 44.6 Å². The maximum Gasteiger partial charge on any atom is 0.331 e. The number of rotatable bonds is 6. The molecular formula is C24H24O8. The number of carbonyl (C=O) groups is 2. The third-order valence-electron chi connectivity index (χ3n) is 4.97. The van der Waals surface area contributed by atoms with Crippen molar-refractivity contribution in [3.05, 3.63) is 59.7 Å². The van der Waals surface area contributed by atoms with Crippen LogP contribution in [0.4, 0.5) is 0 Å². The Morgan fingerprint density at radius 3 is 1.56 bits per heavy atom. The van der Waals surface area contributed by atoms with Crippen LogP contribution in [0.15, 0.2) is 48.6 Å². The first-order valence-electron chi connectivity index (χ1n) is 10.1. The summed E-state index contributed by atoms with van der Waals surface area (Å²) in [4.78, 5) is 24.2. The van der Waals surface area contributed by atoms with Gasteiger partial charge in [0.05, 0.1) is 0 Å². The molecule has 8 nitrogen and oxygen atoms in total. The minimum Gasteiger partial charge on any atom is -0.504 e. The summed E-state index contributed by atoms with van der Waals surface area (Å²) in [7, 11) is 0. The molecule has 1 aliphatic carbocycles. The van der Waals surface area contributed by atoms with Crippen LogP contribution in [0.2, 0.25) is 0 Å². The van der Waals surface area contributed by atoms with Crippen molar-refractivity contribution >= 4 is 24.1 Å². The van der Waals surface area contributed by atoms with Crippen molar-refractivity contribution in [3.8, 4) is 23.0 Å². The van der Waals surface area contributed by atoms with Crippen molar-refractivity contribution in [2.24, 2.45) is 0 Å². The first kappa shape index (κ1) is 22.7. The molecule has 0 amide bonds. The molecule has 0 spiro atoms. The van der Waals surface area contributed by atoms with E-state index in [4.69, 9.17) is 9.47 Å². The zero-order valence-electron chi connectivity index (χ0n) is 17.2. The molecule has 2 aromatic carbocycles. The Balaban J connectivity index is 1.48.